The first-order valence-electron chi connectivity index (χ1n) is 6.22. The molecule has 0 radical (unpaired) electrons. The molecule has 0 spiro atoms. The molecule has 0 N–H and O–H groups in total. The molecule has 0 aromatic heterocycles. The number of alkyl halides is 1. The van der Waals surface area contributed by atoms with E-state index in [-0.39, 0.29) is 0 Å². The van der Waals surface area contributed by atoms with Crippen molar-refractivity contribution in [3.63, 3.8) is 0 Å². The zero-order valence-corrected chi connectivity index (χ0v) is 11.2. The van der Waals surface area contributed by atoms with Crippen LogP contribution in [-0.2, 0) is 0 Å². The van der Waals surface area contributed by atoms with Crippen molar-refractivity contribution in [3.8, 4) is 0 Å². The van der Waals surface area contributed by atoms with E-state index in [1.165, 1.54) is 24.9 Å². The maximum atomic E-state index is 3.87. The highest BCUT2D eigenvalue weighted by atomic mass is 79.9. The van der Waals surface area contributed by atoms with E-state index in [1.807, 2.05) is 0 Å². The smallest absolute Gasteiger partial charge is 0.0342 e. The van der Waals surface area contributed by atoms with Gasteiger partial charge < -0.3 is 0 Å². The minimum absolute atomic E-state index is 0.566. The fourth-order valence-electron chi connectivity index (χ4n) is 3.33. The Morgan fingerprint density at radius 2 is 2.00 bits per heavy atom. The summed E-state index contributed by atoms with van der Waals surface area (Å²) in [5.41, 5.74) is 1.45. The molecule has 2 heteroatoms. The Labute approximate surface area is 106 Å². The number of fused-ring (bicyclic) bond motifs is 2. The first-order chi connectivity index (χ1) is 7.77. The number of hydrogen-bond donors (Lipinski definition) is 0. The number of halogens is 1. The quantitative estimate of drug-likeness (QED) is 0.748. The molecule has 1 saturated heterocycles. The Balaban J connectivity index is 1.80. The van der Waals surface area contributed by atoms with Gasteiger partial charge in [-0.2, -0.15) is 0 Å². The van der Waals surface area contributed by atoms with Crippen LogP contribution in [0, 0.1) is 5.92 Å². The maximum Gasteiger partial charge on any atom is 0.0342 e. The zero-order valence-electron chi connectivity index (χ0n) is 9.64. The molecule has 86 valence electrons. The highest BCUT2D eigenvalue weighted by Gasteiger charge is 2.46. The van der Waals surface area contributed by atoms with Crippen LogP contribution >= 0.6 is 15.9 Å². The summed E-state index contributed by atoms with van der Waals surface area (Å²) in [4.78, 5) is 3.42. The lowest BCUT2D eigenvalue weighted by atomic mass is 10.0. The van der Waals surface area contributed by atoms with E-state index in [9.17, 15) is 0 Å². The van der Waals surface area contributed by atoms with Gasteiger partial charge in [0.1, 0.15) is 0 Å². The first kappa shape index (κ1) is 10.8. The third-order valence-corrected chi connectivity index (χ3v) is 5.66. The molecule has 0 amide bonds. The summed E-state index contributed by atoms with van der Waals surface area (Å²) in [7, 11) is 0. The number of benzene rings is 1. The van der Waals surface area contributed by atoms with Gasteiger partial charge in [-0.25, -0.2) is 0 Å². The number of piperidine rings is 1. The van der Waals surface area contributed by atoms with Gasteiger partial charge in [0, 0.05) is 23.5 Å². The number of rotatable bonds is 2. The molecule has 1 aromatic carbocycles. The molecule has 1 saturated carbocycles. The van der Waals surface area contributed by atoms with E-state index in [0.29, 0.717) is 6.04 Å². The molecule has 1 heterocycles. The standard InChI is InChI=1S/C14H18BrN/c1-10(11-5-3-2-4-6-11)16-9-12-7-8-13(16)14(12)15/h2-6,10,12-14H,7-9H2,1H3/t10-,12+,13+,14+/m0/s1. The van der Waals surface area contributed by atoms with Crippen LogP contribution in [0.1, 0.15) is 31.4 Å². The van der Waals surface area contributed by atoms with Gasteiger partial charge in [-0.1, -0.05) is 46.3 Å². The van der Waals surface area contributed by atoms with Gasteiger partial charge in [-0.05, 0) is 31.2 Å². The van der Waals surface area contributed by atoms with Gasteiger partial charge in [-0.3, -0.25) is 4.90 Å². The second-order valence-electron chi connectivity index (χ2n) is 5.13. The van der Waals surface area contributed by atoms with E-state index < -0.39 is 0 Å². The molecule has 1 nitrogen and oxygen atoms in total. The summed E-state index contributed by atoms with van der Waals surface area (Å²) in [6.45, 7) is 3.62. The second kappa shape index (κ2) is 4.15. The maximum absolute atomic E-state index is 3.87. The Kier molecular flexibility index (Phi) is 2.80. The summed E-state index contributed by atoms with van der Waals surface area (Å²) in [5.74, 6) is 0.885. The average Bonchev–Trinajstić information content (AvgIpc) is 2.85. The summed E-state index contributed by atoms with van der Waals surface area (Å²) in [5, 5.41) is 0. The second-order valence-corrected chi connectivity index (χ2v) is 6.19. The van der Waals surface area contributed by atoms with Crippen molar-refractivity contribution < 1.29 is 0 Å². The van der Waals surface area contributed by atoms with Crippen LogP contribution in [0.4, 0.5) is 0 Å². The summed E-state index contributed by atoms with van der Waals surface area (Å²) in [6.07, 6.45) is 2.79. The predicted octanol–water partition coefficient (Wildman–Crippen LogP) is 3.61. The molecular formula is C14H18BrN. The van der Waals surface area contributed by atoms with Gasteiger partial charge in [0.25, 0.3) is 0 Å². The van der Waals surface area contributed by atoms with Crippen LogP contribution in [-0.4, -0.2) is 22.3 Å². The Bertz CT molecular complexity index is 364. The van der Waals surface area contributed by atoms with Crippen LogP contribution in [0.3, 0.4) is 0 Å². The minimum Gasteiger partial charge on any atom is -0.292 e. The van der Waals surface area contributed by atoms with Crippen molar-refractivity contribution in [2.75, 3.05) is 6.54 Å². The van der Waals surface area contributed by atoms with Crippen LogP contribution in [0.5, 0.6) is 0 Å². The molecule has 2 bridgehead atoms. The fraction of sp³-hybridized carbons (Fsp3) is 0.571. The highest BCUT2D eigenvalue weighted by Crippen LogP contribution is 2.45. The third kappa shape index (κ3) is 1.63. The SMILES string of the molecule is C[C@@H](c1ccccc1)N1C[C@H]2CC[C@@H]1[C@@H]2Br. The van der Waals surface area contributed by atoms with Gasteiger partial charge in [-0.15, -0.1) is 0 Å². The number of nitrogens with zero attached hydrogens (tertiary/aromatic N) is 1. The lowest BCUT2D eigenvalue weighted by Crippen LogP contribution is -2.35. The van der Waals surface area contributed by atoms with Crippen molar-refractivity contribution in [1.29, 1.82) is 0 Å². The van der Waals surface area contributed by atoms with Crippen molar-refractivity contribution in [3.05, 3.63) is 35.9 Å². The monoisotopic (exact) mass is 279 g/mol. The van der Waals surface area contributed by atoms with Gasteiger partial charge in [0.05, 0.1) is 0 Å². The highest BCUT2D eigenvalue weighted by molar-refractivity contribution is 9.09. The van der Waals surface area contributed by atoms with Crippen LogP contribution in [0.15, 0.2) is 30.3 Å². The third-order valence-electron chi connectivity index (χ3n) is 4.30. The predicted molar refractivity (Wildman–Crippen MR) is 70.8 cm³/mol. The minimum atomic E-state index is 0.566. The lowest BCUT2D eigenvalue weighted by molar-refractivity contribution is 0.161. The van der Waals surface area contributed by atoms with E-state index in [1.54, 1.807) is 0 Å². The Morgan fingerprint density at radius 1 is 1.25 bits per heavy atom. The van der Waals surface area contributed by atoms with Crippen LogP contribution < -0.4 is 0 Å². The average molecular weight is 280 g/mol. The summed E-state index contributed by atoms with van der Waals surface area (Å²) < 4.78 is 0. The molecular weight excluding hydrogens is 262 g/mol. The lowest BCUT2D eigenvalue weighted by Gasteiger charge is -2.33. The first-order valence-corrected chi connectivity index (χ1v) is 7.13. The summed E-state index contributed by atoms with van der Waals surface area (Å²) in [6, 6.07) is 12.2. The van der Waals surface area contributed by atoms with Crippen molar-refractivity contribution >= 4 is 15.9 Å². The van der Waals surface area contributed by atoms with Crippen molar-refractivity contribution in [1.82, 2.24) is 4.90 Å². The molecule has 0 unspecified atom stereocenters. The fourth-order valence-corrected chi connectivity index (χ4v) is 4.33. The van der Waals surface area contributed by atoms with E-state index in [0.717, 1.165) is 16.8 Å². The molecule has 1 aromatic rings. The molecule has 1 aliphatic carbocycles. The number of hydrogen-bond acceptors (Lipinski definition) is 1. The van der Waals surface area contributed by atoms with Crippen LogP contribution in [0.25, 0.3) is 0 Å². The van der Waals surface area contributed by atoms with Crippen molar-refractivity contribution in [2.45, 2.75) is 36.7 Å². The summed E-state index contributed by atoms with van der Waals surface area (Å²) >= 11 is 3.87. The zero-order chi connectivity index (χ0) is 11.1. The van der Waals surface area contributed by atoms with Gasteiger partial charge in [0.15, 0.2) is 0 Å². The normalized spacial score (nSPS) is 35.5. The van der Waals surface area contributed by atoms with Crippen LogP contribution in [0.2, 0.25) is 0 Å². The molecule has 2 fully saturated rings. The number of likely N-dealkylation sites (tertiary alicyclic amines) is 1. The van der Waals surface area contributed by atoms with E-state index >= 15 is 0 Å². The van der Waals surface area contributed by atoms with E-state index in [4.69, 9.17) is 0 Å². The molecule has 16 heavy (non-hydrogen) atoms. The molecule has 1 aliphatic heterocycles. The van der Waals surface area contributed by atoms with Gasteiger partial charge >= 0.3 is 0 Å². The molecule has 3 rings (SSSR count). The Hall–Kier alpha value is -0.340. The van der Waals surface area contributed by atoms with Gasteiger partial charge in [0.2, 0.25) is 0 Å². The largest absolute Gasteiger partial charge is 0.292 e. The topological polar surface area (TPSA) is 3.24 Å². The Morgan fingerprint density at radius 3 is 2.56 bits per heavy atom. The van der Waals surface area contributed by atoms with Crippen molar-refractivity contribution in [2.24, 2.45) is 5.92 Å². The molecule has 4 atom stereocenters. The van der Waals surface area contributed by atoms with E-state index in [2.05, 4.69) is 58.1 Å². The molecule has 2 aliphatic rings.